The molecule has 0 radical (unpaired) electrons. The lowest BCUT2D eigenvalue weighted by atomic mass is 10.1. The summed E-state index contributed by atoms with van der Waals surface area (Å²) >= 11 is 31.9. The minimum Gasteiger partial charge on any atom is -0.492 e. The van der Waals surface area contributed by atoms with Crippen molar-refractivity contribution in [3.8, 4) is 11.5 Å². The number of azo groups is 2. The molecule has 372 valence electrons. The first-order chi connectivity index (χ1) is 33.9. The van der Waals surface area contributed by atoms with Gasteiger partial charge in [-0.05, 0) is 131 Å². The summed E-state index contributed by atoms with van der Waals surface area (Å²) in [5, 5.41) is 26.2. The van der Waals surface area contributed by atoms with Gasteiger partial charge in [0.05, 0.1) is 56.5 Å². The van der Waals surface area contributed by atoms with Crippen molar-refractivity contribution < 1.29 is 38.2 Å². The fourth-order valence-corrected chi connectivity index (χ4v) is 7.64. The van der Waals surface area contributed by atoms with Gasteiger partial charge in [-0.2, -0.15) is 20.5 Å². The monoisotopic (exact) mass is 1060 g/mol. The van der Waals surface area contributed by atoms with Gasteiger partial charge >= 0.3 is 0 Å². The normalized spacial score (nSPS) is 12.9. The zero-order valence-electron chi connectivity index (χ0n) is 39.2. The number of ketones is 2. The molecule has 0 fully saturated rings. The first-order valence-corrected chi connectivity index (χ1v) is 24.2. The van der Waals surface area contributed by atoms with E-state index in [1.165, 1.54) is 54.6 Å². The maximum Gasteiger partial charge on any atom is 0.258 e. The lowest BCUT2D eigenvalue weighted by Gasteiger charge is -2.16. The third-order valence-corrected chi connectivity index (χ3v) is 11.8. The van der Waals surface area contributed by atoms with E-state index < -0.39 is 47.3 Å². The Bertz CT molecular complexity index is 2880. The molecule has 0 bridgehead atoms. The van der Waals surface area contributed by atoms with E-state index in [1.54, 1.807) is 64.1 Å². The van der Waals surface area contributed by atoms with Crippen LogP contribution in [0.3, 0.4) is 0 Å². The number of halogens is 5. The number of Topliss-reactive ketones (excluding diaryl/α,β-unsaturated/α-hetero) is 2. The van der Waals surface area contributed by atoms with Crippen molar-refractivity contribution in [3.63, 3.8) is 0 Å². The van der Waals surface area contributed by atoms with Gasteiger partial charge in [0.25, 0.3) is 23.6 Å². The van der Waals surface area contributed by atoms with Crippen LogP contribution in [0.25, 0.3) is 0 Å². The van der Waals surface area contributed by atoms with Crippen molar-refractivity contribution in [1.29, 1.82) is 0 Å². The molecule has 0 heterocycles. The Morgan fingerprint density at radius 2 is 1.03 bits per heavy atom. The van der Waals surface area contributed by atoms with Gasteiger partial charge in [0.15, 0.2) is 11.6 Å². The van der Waals surface area contributed by atoms with E-state index in [2.05, 4.69) is 41.7 Å². The predicted octanol–water partition coefficient (Wildman–Crippen LogP) is 13.0. The average molecular weight is 1070 g/mol. The zero-order valence-corrected chi connectivity index (χ0v) is 43.0. The summed E-state index contributed by atoms with van der Waals surface area (Å²) in [6.45, 7) is 10.2. The Morgan fingerprint density at radius 3 is 1.44 bits per heavy atom. The van der Waals surface area contributed by atoms with Gasteiger partial charge in [-0.15, -0.1) is 34.8 Å². The number of nitrogens with one attached hydrogen (secondary N) is 4. The molecule has 21 heteroatoms. The van der Waals surface area contributed by atoms with Crippen molar-refractivity contribution in [1.82, 2.24) is 0 Å². The standard InChI is InChI=1S/C50H49Cl5N8O8/c1-7-70-41-19-15-30(26(3)52)24-39(41)58-47(66)34-11-9-13-37(43(34)54)60-62-45(28(5)64)49(68)56-33-17-18-36(32(23-33)21-22-51)57-50(69)46(29(6)65)63-61-38-14-10-12-35(44(38)55)48(67)59-40-25-31(27(4)53)16-20-42(40)71-8-2/h9-20,23-27,45-46H,7-8,21-22H2,1-6H3,(H,56,68)(H,57,69)(H,58,66)(H,59,67). The number of amides is 4. The number of ether oxygens (including phenoxy) is 2. The van der Waals surface area contributed by atoms with Gasteiger partial charge in [0.1, 0.15) is 22.9 Å². The summed E-state index contributed by atoms with van der Waals surface area (Å²) in [5.41, 5.74) is 3.22. The van der Waals surface area contributed by atoms with E-state index in [1.807, 2.05) is 0 Å². The number of anilines is 4. The molecule has 71 heavy (non-hydrogen) atoms. The minimum atomic E-state index is -1.64. The van der Waals surface area contributed by atoms with Crippen LogP contribution < -0.4 is 30.7 Å². The van der Waals surface area contributed by atoms with Crippen molar-refractivity contribution in [2.24, 2.45) is 20.5 Å². The van der Waals surface area contributed by atoms with Crippen LogP contribution in [-0.2, 0) is 25.6 Å². The third kappa shape index (κ3) is 14.8. The van der Waals surface area contributed by atoms with E-state index in [0.717, 1.165) is 25.0 Å². The molecule has 0 saturated carbocycles. The first kappa shape index (κ1) is 55.5. The number of rotatable bonds is 22. The molecular formula is C50H49Cl5N8O8. The molecule has 16 nitrogen and oxygen atoms in total. The number of alkyl halides is 3. The predicted molar refractivity (Wildman–Crippen MR) is 279 cm³/mol. The quantitative estimate of drug-likeness (QED) is 0.0296. The van der Waals surface area contributed by atoms with Crippen LogP contribution in [0.4, 0.5) is 34.1 Å². The van der Waals surface area contributed by atoms with Crippen molar-refractivity contribution >= 4 is 127 Å². The van der Waals surface area contributed by atoms with Gasteiger partial charge in [-0.25, -0.2) is 0 Å². The van der Waals surface area contributed by atoms with Crippen LogP contribution in [0.15, 0.2) is 111 Å². The number of carbonyl (C=O) groups excluding carboxylic acids is 6. The number of carbonyl (C=O) groups is 6. The summed E-state index contributed by atoms with van der Waals surface area (Å²) in [6, 6.07) is 20.4. The Morgan fingerprint density at radius 1 is 0.577 bits per heavy atom. The third-order valence-electron chi connectivity index (χ3n) is 10.3. The minimum absolute atomic E-state index is 0.00829. The van der Waals surface area contributed by atoms with Crippen LogP contribution in [0, 0.1) is 0 Å². The molecule has 0 spiro atoms. The summed E-state index contributed by atoms with van der Waals surface area (Å²) in [7, 11) is 0. The number of hydrogen-bond donors (Lipinski definition) is 4. The Balaban J connectivity index is 1.29. The molecule has 4 amide bonds. The molecular weight excluding hydrogens is 1020 g/mol. The van der Waals surface area contributed by atoms with Gasteiger partial charge in [0, 0.05) is 17.3 Å². The van der Waals surface area contributed by atoms with E-state index >= 15 is 0 Å². The SMILES string of the molecule is CCOc1ccc(C(C)Cl)cc1NC(=O)c1cccc(N=NC(C(C)=O)C(=O)Nc2ccc(NC(=O)C(N=Nc3cccc(C(=O)Nc4cc(C(C)Cl)ccc4OCC)c3Cl)C(C)=O)c(CCCl)c2)c1Cl. The van der Waals surface area contributed by atoms with E-state index in [9.17, 15) is 28.8 Å². The maximum absolute atomic E-state index is 13.6. The first-order valence-electron chi connectivity index (χ1n) is 22.0. The van der Waals surface area contributed by atoms with Gasteiger partial charge < -0.3 is 30.7 Å². The Hall–Kier alpha value is -6.43. The number of nitrogens with zero attached hydrogens (tertiary/aromatic N) is 4. The van der Waals surface area contributed by atoms with E-state index in [-0.39, 0.29) is 67.0 Å². The highest BCUT2D eigenvalue weighted by molar-refractivity contribution is 6.37. The number of hydrogen-bond acceptors (Lipinski definition) is 12. The van der Waals surface area contributed by atoms with Crippen LogP contribution in [-0.4, -0.2) is 66.4 Å². The lowest BCUT2D eigenvalue weighted by Crippen LogP contribution is -2.32. The molecule has 0 aromatic heterocycles. The fourth-order valence-electron chi connectivity index (χ4n) is 6.66. The second-order valence-corrected chi connectivity index (χ2v) is 18.0. The Labute approximate surface area is 435 Å². The number of benzene rings is 5. The second kappa shape index (κ2) is 26.1. The molecule has 0 saturated heterocycles. The van der Waals surface area contributed by atoms with E-state index in [4.69, 9.17) is 67.5 Å². The van der Waals surface area contributed by atoms with Crippen molar-refractivity contribution in [2.45, 2.75) is 70.8 Å². The lowest BCUT2D eigenvalue weighted by molar-refractivity contribution is -0.127. The fraction of sp³-hybridized carbons (Fsp3) is 0.280. The smallest absolute Gasteiger partial charge is 0.258 e. The highest BCUT2D eigenvalue weighted by Gasteiger charge is 2.27. The largest absolute Gasteiger partial charge is 0.492 e. The van der Waals surface area contributed by atoms with Crippen LogP contribution >= 0.6 is 58.0 Å². The van der Waals surface area contributed by atoms with E-state index in [0.29, 0.717) is 41.7 Å². The van der Waals surface area contributed by atoms with Gasteiger partial charge in [0.2, 0.25) is 12.1 Å². The maximum atomic E-state index is 13.6. The molecule has 0 aliphatic carbocycles. The van der Waals surface area contributed by atoms with Crippen LogP contribution in [0.2, 0.25) is 10.0 Å². The molecule has 5 aromatic rings. The number of aryl methyl sites for hydroxylation is 1. The highest BCUT2D eigenvalue weighted by atomic mass is 35.5. The Kier molecular flexibility index (Phi) is 20.4. The summed E-state index contributed by atoms with van der Waals surface area (Å²) in [6.07, 6.45) is 0.196. The van der Waals surface area contributed by atoms with Crippen LogP contribution in [0.1, 0.15) is 89.7 Å². The molecule has 0 aliphatic heterocycles. The zero-order chi connectivity index (χ0) is 51.9. The van der Waals surface area contributed by atoms with Gasteiger partial charge in [-0.1, -0.05) is 47.5 Å². The molecule has 4 atom stereocenters. The van der Waals surface area contributed by atoms with Crippen LogP contribution in [0.5, 0.6) is 11.5 Å². The highest BCUT2D eigenvalue weighted by Crippen LogP contribution is 2.36. The molecule has 4 unspecified atom stereocenters. The van der Waals surface area contributed by atoms with Crippen molar-refractivity contribution in [3.05, 3.63) is 129 Å². The summed E-state index contributed by atoms with van der Waals surface area (Å²) in [4.78, 5) is 79.6. The van der Waals surface area contributed by atoms with Gasteiger partial charge in [-0.3, -0.25) is 28.8 Å². The molecule has 5 aromatic carbocycles. The summed E-state index contributed by atoms with van der Waals surface area (Å²) in [5.74, 6) is -3.25. The average Bonchev–Trinajstić information content (AvgIpc) is 3.31. The topological polar surface area (TPSA) is 218 Å². The second-order valence-electron chi connectivity index (χ2n) is 15.5. The van der Waals surface area contributed by atoms with Crippen molar-refractivity contribution in [2.75, 3.05) is 40.4 Å². The molecule has 5 rings (SSSR count). The molecule has 0 aliphatic rings. The summed E-state index contributed by atoms with van der Waals surface area (Å²) < 4.78 is 11.4. The molecule has 4 N–H and O–H groups in total.